The Morgan fingerprint density at radius 2 is 1.76 bits per heavy atom. The van der Waals surface area contributed by atoms with Crippen LogP contribution in [0.25, 0.3) is 33.1 Å². The number of ether oxygens (including phenoxy) is 1. The molecule has 0 unspecified atom stereocenters. The number of carbonyl (C=O) groups is 1. The molecule has 0 aliphatic heterocycles. The Morgan fingerprint density at radius 1 is 1.00 bits per heavy atom. The van der Waals surface area contributed by atoms with E-state index < -0.39 is 0 Å². The van der Waals surface area contributed by atoms with Crippen LogP contribution in [0.5, 0.6) is 5.75 Å². The first-order valence-corrected chi connectivity index (χ1v) is 11.1. The molecule has 0 fully saturated rings. The Morgan fingerprint density at radius 3 is 2.58 bits per heavy atom. The summed E-state index contributed by atoms with van der Waals surface area (Å²) in [5.74, 6) is 0.484. The van der Waals surface area contributed by atoms with Gasteiger partial charge >= 0.3 is 0 Å². The topological polar surface area (TPSA) is 67.0 Å². The predicted molar refractivity (Wildman–Crippen MR) is 133 cm³/mol. The van der Waals surface area contributed by atoms with Crippen LogP contribution in [0.15, 0.2) is 78.9 Å². The lowest BCUT2D eigenvalue weighted by molar-refractivity contribution is 0.0949. The van der Waals surface area contributed by atoms with Gasteiger partial charge in [0.05, 0.1) is 18.3 Å². The molecule has 33 heavy (non-hydrogen) atoms. The third kappa shape index (κ3) is 4.15. The monoisotopic (exact) mass is 455 g/mol. The van der Waals surface area contributed by atoms with Gasteiger partial charge in [0.2, 0.25) is 0 Å². The van der Waals surface area contributed by atoms with Crippen LogP contribution < -0.4 is 10.1 Å². The van der Waals surface area contributed by atoms with Crippen molar-refractivity contribution in [3.63, 3.8) is 0 Å². The minimum Gasteiger partial charge on any atom is -0.496 e. The average molecular weight is 456 g/mol. The zero-order valence-electron chi connectivity index (χ0n) is 18.1. The molecule has 2 N–H and O–H groups in total. The Bertz CT molecular complexity index is 1460. The standard InChI is InChI=1S/C27H22ClN3O2/c1-33-24-9-5-3-7-20(24)25-26-21(19-6-2-4-8-22(19)30-26)16-23(31-25)27(32)29-15-14-17-10-12-18(28)13-11-17/h2-13,16,30H,14-15H2,1H3,(H,29,32). The number of halogens is 1. The molecule has 2 heterocycles. The van der Waals surface area contributed by atoms with Gasteiger partial charge in [-0.3, -0.25) is 4.79 Å². The van der Waals surface area contributed by atoms with Crippen molar-refractivity contribution in [1.29, 1.82) is 0 Å². The second-order valence-corrected chi connectivity index (χ2v) is 8.22. The number of H-pyrrole nitrogens is 1. The number of rotatable bonds is 6. The Balaban J connectivity index is 1.54. The van der Waals surface area contributed by atoms with Crippen LogP contribution in [0.2, 0.25) is 5.02 Å². The Kier molecular flexibility index (Phi) is 5.71. The molecule has 5 rings (SSSR count). The summed E-state index contributed by atoms with van der Waals surface area (Å²) in [6, 6.07) is 25.2. The molecule has 0 atom stereocenters. The first kappa shape index (κ1) is 21.0. The fraction of sp³-hybridized carbons (Fsp3) is 0.111. The van der Waals surface area contributed by atoms with Crippen molar-refractivity contribution in [2.24, 2.45) is 0 Å². The van der Waals surface area contributed by atoms with Crippen molar-refractivity contribution in [2.45, 2.75) is 6.42 Å². The molecule has 0 saturated heterocycles. The number of nitrogens with one attached hydrogen (secondary N) is 2. The third-order valence-corrected chi connectivity index (χ3v) is 5.96. The van der Waals surface area contributed by atoms with Crippen molar-refractivity contribution >= 4 is 39.3 Å². The molecule has 0 bridgehead atoms. The van der Waals surface area contributed by atoms with Gasteiger partial charge in [0.1, 0.15) is 11.4 Å². The van der Waals surface area contributed by atoms with Gasteiger partial charge in [-0.25, -0.2) is 4.98 Å². The normalized spacial score (nSPS) is 11.1. The molecular weight excluding hydrogens is 434 g/mol. The second kappa shape index (κ2) is 8.96. The van der Waals surface area contributed by atoms with Crippen molar-refractivity contribution in [3.05, 3.63) is 95.1 Å². The zero-order chi connectivity index (χ0) is 22.8. The number of benzene rings is 3. The highest BCUT2D eigenvalue weighted by molar-refractivity contribution is 6.30. The lowest BCUT2D eigenvalue weighted by Gasteiger charge is -2.11. The molecule has 5 aromatic rings. The van der Waals surface area contributed by atoms with E-state index in [1.165, 1.54) is 0 Å². The first-order chi connectivity index (χ1) is 16.1. The molecule has 0 spiro atoms. The van der Waals surface area contributed by atoms with Gasteiger partial charge in [-0.1, -0.05) is 54.1 Å². The number of hydrogen-bond acceptors (Lipinski definition) is 3. The minimum absolute atomic E-state index is 0.215. The number of para-hydroxylation sites is 2. The highest BCUT2D eigenvalue weighted by Gasteiger charge is 2.18. The summed E-state index contributed by atoms with van der Waals surface area (Å²) >= 11 is 5.95. The van der Waals surface area contributed by atoms with Crippen molar-refractivity contribution in [3.8, 4) is 17.0 Å². The number of fused-ring (bicyclic) bond motifs is 3. The lowest BCUT2D eigenvalue weighted by atomic mass is 10.1. The molecule has 164 valence electrons. The van der Waals surface area contributed by atoms with Crippen LogP contribution in [-0.2, 0) is 6.42 Å². The minimum atomic E-state index is -0.215. The van der Waals surface area contributed by atoms with Gasteiger partial charge in [0.25, 0.3) is 5.91 Å². The fourth-order valence-electron chi connectivity index (χ4n) is 4.06. The largest absolute Gasteiger partial charge is 0.496 e. The van der Waals surface area contributed by atoms with Gasteiger partial charge in [0.15, 0.2) is 0 Å². The summed E-state index contributed by atoms with van der Waals surface area (Å²) in [5.41, 5.74) is 4.85. The third-order valence-electron chi connectivity index (χ3n) is 5.70. The molecule has 0 saturated carbocycles. The van der Waals surface area contributed by atoms with Crippen LogP contribution in [0.3, 0.4) is 0 Å². The molecule has 0 radical (unpaired) electrons. The maximum atomic E-state index is 13.1. The summed E-state index contributed by atoms with van der Waals surface area (Å²) in [4.78, 5) is 21.3. The van der Waals surface area contributed by atoms with Crippen molar-refractivity contribution in [1.82, 2.24) is 15.3 Å². The van der Waals surface area contributed by atoms with Gasteiger partial charge in [-0.15, -0.1) is 0 Å². The quantitative estimate of drug-likeness (QED) is 0.329. The average Bonchev–Trinajstić information content (AvgIpc) is 3.23. The van der Waals surface area contributed by atoms with E-state index in [9.17, 15) is 4.79 Å². The molecule has 0 aliphatic rings. The van der Waals surface area contributed by atoms with Gasteiger partial charge in [0, 0.05) is 33.4 Å². The van der Waals surface area contributed by atoms with Gasteiger partial charge in [-0.2, -0.15) is 0 Å². The predicted octanol–water partition coefficient (Wildman–Crippen LogP) is 6.02. The van der Waals surface area contributed by atoms with E-state index in [1.54, 1.807) is 7.11 Å². The van der Waals surface area contributed by atoms with Gasteiger partial charge < -0.3 is 15.0 Å². The Labute approximate surface area is 196 Å². The van der Waals surface area contributed by atoms with E-state index in [0.717, 1.165) is 32.9 Å². The number of amides is 1. The van der Waals surface area contributed by atoms with E-state index >= 15 is 0 Å². The number of nitrogens with zero attached hydrogens (tertiary/aromatic N) is 1. The van der Waals surface area contributed by atoms with E-state index in [0.29, 0.717) is 35.1 Å². The van der Waals surface area contributed by atoms with Crippen LogP contribution in [-0.4, -0.2) is 29.5 Å². The molecule has 2 aromatic heterocycles. The van der Waals surface area contributed by atoms with Crippen molar-refractivity contribution < 1.29 is 9.53 Å². The van der Waals surface area contributed by atoms with Crippen LogP contribution >= 0.6 is 11.6 Å². The fourth-order valence-corrected chi connectivity index (χ4v) is 4.19. The summed E-state index contributed by atoms with van der Waals surface area (Å²) in [6.07, 6.45) is 0.706. The van der Waals surface area contributed by atoms with E-state index in [1.807, 2.05) is 78.9 Å². The van der Waals surface area contributed by atoms with E-state index in [2.05, 4.69) is 10.3 Å². The van der Waals surface area contributed by atoms with Gasteiger partial charge in [-0.05, 0) is 48.4 Å². The van der Waals surface area contributed by atoms with Crippen LogP contribution in [0.4, 0.5) is 0 Å². The number of aromatic amines is 1. The maximum absolute atomic E-state index is 13.1. The second-order valence-electron chi connectivity index (χ2n) is 7.78. The van der Waals surface area contributed by atoms with E-state index in [4.69, 9.17) is 21.3 Å². The van der Waals surface area contributed by atoms with Crippen molar-refractivity contribution in [2.75, 3.05) is 13.7 Å². The lowest BCUT2D eigenvalue weighted by Crippen LogP contribution is -2.26. The molecular formula is C27H22ClN3O2. The smallest absolute Gasteiger partial charge is 0.269 e. The highest BCUT2D eigenvalue weighted by atomic mass is 35.5. The molecule has 0 aliphatic carbocycles. The molecule has 6 heteroatoms. The number of aromatic nitrogens is 2. The summed E-state index contributed by atoms with van der Waals surface area (Å²) < 4.78 is 5.58. The number of hydrogen-bond donors (Lipinski definition) is 2. The van der Waals surface area contributed by atoms with Crippen LogP contribution in [0.1, 0.15) is 16.1 Å². The van der Waals surface area contributed by atoms with E-state index in [-0.39, 0.29) is 5.91 Å². The first-order valence-electron chi connectivity index (χ1n) is 10.7. The number of pyridine rings is 1. The molecule has 1 amide bonds. The summed E-state index contributed by atoms with van der Waals surface area (Å²) in [6.45, 7) is 0.498. The van der Waals surface area contributed by atoms with Crippen LogP contribution in [0, 0.1) is 0 Å². The summed E-state index contributed by atoms with van der Waals surface area (Å²) in [5, 5.41) is 5.69. The Hall–Kier alpha value is -3.83. The molecule has 5 nitrogen and oxygen atoms in total. The summed E-state index contributed by atoms with van der Waals surface area (Å²) in [7, 11) is 1.63. The zero-order valence-corrected chi connectivity index (χ0v) is 18.8. The number of carbonyl (C=O) groups excluding carboxylic acids is 1. The molecule has 3 aromatic carbocycles. The number of methoxy groups -OCH3 is 1. The SMILES string of the molecule is COc1ccccc1-c1nc(C(=O)NCCc2ccc(Cl)cc2)cc2c1[nH]c1ccccc12. The maximum Gasteiger partial charge on any atom is 0.269 e. The highest BCUT2D eigenvalue weighted by Crippen LogP contribution is 2.36.